The lowest BCUT2D eigenvalue weighted by Crippen LogP contribution is -2.11. The molecule has 0 aliphatic carbocycles. The van der Waals surface area contributed by atoms with Crippen LogP contribution in [0.3, 0.4) is 0 Å². The van der Waals surface area contributed by atoms with Crippen molar-refractivity contribution in [2.24, 2.45) is 0 Å². The number of hydrogen-bond donors (Lipinski definition) is 0. The van der Waals surface area contributed by atoms with Crippen LogP contribution in [0.1, 0.15) is 55.8 Å². The molecule has 534 valence electrons. The first-order valence-corrected chi connectivity index (χ1v) is 37.8. The molecular weight excluding hydrogens is 1340 g/mol. The zero-order valence-electron chi connectivity index (χ0n) is 63.1. The molecule has 0 unspecified atom stereocenters. The molecule has 0 amide bonds. The molecule has 0 saturated heterocycles. The molecule has 0 spiro atoms. The SMILES string of the molecule is Cc1c2ccccc2nc2ccccc12.Cc1ccc(-n2ccc3ccccc32)cc1.Cc1ccc(N(c2ccccc2)c2ccccc2)cc1.Cc1ccc(N2c3ccccc3C=Cc3ccccc32)cc1.Cc1ccc(N2c3ccccc3CCc3ccccc32)cc1.Cc1ccc2ccc3cccnc3c2n1. The van der Waals surface area contributed by atoms with Crippen molar-refractivity contribution in [2.45, 2.75) is 54.4 Å². The molecule has 7 heteroatoms. The quantitative estimate of drug-likeness (QED) is 0.122. The second kappa shape index (κ2) is 33.8. The fourth-order valence-corrected chi connectivity index (χ4v) is 14.4. The lowest BCUT2D eigenvalue weighted by atomic mass is 10.0. The Kier molecular flexibility index (Phi) is 22.1. The highest BCUT2D eigenvalue weighted by Crippen LogP contribution is 2.44. The predicted octanol–water partition coefficient (Wildman–Crippen LogP) is 27.7. The highest BCUT2D eigenvalue weighted by molar-refractivity contribution is 6.03. The summed E-state index contributed by atoms with van der Waals surface area (Å²) in [7, 11) is 0. The summed E-state index contributed by atoms with van der Waals surface area (Å²) in [4.78, 5) is 20.6. The maximum atomic E-state index is 4.64. The van der Waals surface area contributed by atoms with Crippen molar-refractivity contribution in [3.8, 4) is 5.69 Å². The van der Waals surface area contributed by atoms with E-state index in [0.717, 1.165) is 51.4 Å². The number of fused-ring (bicyclic) bond motifs is 10. The minimum absolute atomic E-state index is 0.985. The number of pyridine rings is 3. The molecule has 6 heterocycles. The molecule has 0 radical (unpaired) electrons. The largest absolute Gasteiger partial charge is 0.317 e. The molecular formula is C103H87N7. The Morgan fingerprint density at radius 3 is 1.23 bits per heavy atom. The van der Waals surface area contributed by atoms with Crippen LogP contribution in [0.2, 0.25) is 0 Å². The molecule has 110 heavy (non-hydrogen) atoms. The van der Waals surface area contributed by atoms with E-state index in [2.05, 4.69) is 421 Å². The standard InChI is InChI=1S/C21H19N.C21H17N.C19H17N.C15H13N.C14H11N.C13H10N2/c2*1-16-10-14-19(15-11-16)22-20-8-4-2-6-17(20)12-13-18-7-3-5-9-21(18)22;1-16-12-14-19(15-13-16)20(17-8-4-2-5-9-17)18-10-6-3-7-11-18;1-12-6-8-14(9-7-12)16-11-10-13-4-2-3-5-15(13)16;1-10-11-6-2-4-8-13(11)15-14-9-5-3-7-12(10)14;1-9-4-5-11-7-6-10-3-2-8-14-12(10)13(11)15-9/h2-11,14-15H,12-13H2,1H3;2-15H,1H3;2-15H,1H3;2-11H,1H3;2-9H,1H3;2-8H,1H3. The van der Waals surface area contributed by atoms with E-state index in [0.29, 0.717) is 0 Å². The first-order chi connectivity index (χ1) is 54.0. The van der Waals surface area contributed by atoms with E-state index >= 15 is 0 Å². The summed E-state index contributed by atoms with van der Waals surface area (Å²) in [5.74, 6) is 0. The number of rotatable bonds is 6. The number of para-hydroxylation sites is 9. The van der Waals surface area contributed by atoms with Gasteiger partial charge < -0.3 is 19.3 Å². The van der Waals surface area contributed by atoms with Gasteiger partial charge in [0.15, 0.2) is 0 Å². The van der Waals surface area contributed by atoms with Gasteiger partial charge in [0.1, 0.15) is 0 Å². The Hall–Kier alpha value is -13.8. The molecule has 0 atom stereocenters. The van der Waals surface area contributed by atoms with Gasteiger partial charge in [-0.25, -0.2) is 4.98 Å². The summed E-state index contributed by atoms with van der Waals surface area (Å²) in [5, 5.41) is 6.06. The van der Waals surface area contributed by atoms with Gasteiger partial charge in [0.05, 0.1) is 39.0 Å². The van der Waals surface area contributed by atoms with Gasteiger partial charge >= 0.3 is 0 Å². The van der Waals surface area contributed by atoms with Crippen molar-refractivity contribution in [3.63, 3.8) is 0 Å². The molecule has 18 aromatic rings. The van der Waals surface area contributed by atoms with Gasteiger partial charge in [0, 0.05) is 85.1 Å². The van der Waals surface area contributed by atoms with Crippen LogP contribution < -0.4 is 14.7 Å². The first-order valence-electron chi connectivity index (χ1n) is 37.8. The molecule has 0 fully saturated rings. The maximum absolute atomic E-state index is 4.64. The van der Waals surface area contributed by atoms with Crippen LogP contribution in [-0.2, 0) is 12.8 Å². The Balaban J connectivity index is 0.000000106. The van der Waals surface area contributed by atoms with E-state index < -0.39 is 0 Å². The van der Waals surface area contributed by atoms with E-state index in [-0.39, 0.29) is 0 Å². The second-order valence-corrected chi connectivity index (χ2v) is 27.9. The number of benzene rings is 14. The average molecular weight is 1420 g/mol. The van der Waals surface area contributed by atoms with Gasteiger partial charge in [-0.3, -0.25) is 9.97 Å². The van der Waals surface area contributed by atoms with E-state index in [4.69, 9.17) is 0 Å². The van der Waals surface area contributed by atoms with Crippen LogP contribution in [0.5, 0.6) is 0 Å². The fourth-order valence-electron chi connectivity index (χ4n) is 14.4. The zero-order chi connectivity index (χ0) is 75.1. The van der Waals surface area contributed by atoms with E-state index in [1.807, 2.05) is 49.5 Å². The van der Waals surface area contributed by atoms with E-state index in [1.165, 1.54) is 129 Å². The van der Waals surface area contributed by atoms with Crippen LogP contribution in [0, 0.1) is 41.5 Å². The summed E-state index contributed by atoms with van der Waals surface area (Å²) in [6.45, 7) is 12.6. The highest BCUT2D eigenvalue weighted by atomic mass is 15.2. The molecule has 4 aromatic heterocycles. The molecule has 7 nitrogen and oxygen atoms in total. The van der Waals surface area contributed by atoms with Gasteiger partial charge in [-0.1, -0.05) is 271 Å². The monoisotopic (exact) mass is 1420 g/mol. The van der Waals surface area contributed by atoms with E-state index in [1.54, 1.807) is 0 Å². The predicted molar refractivity (Wildman–Crippen MR) is 468 cm³/mol. The van der Waals surface area contributed by atoms with Crippen LogP contribution in [0.4, 0.5) is 51.2 Å². The Morgan fingerprint density at radius 1 is 0.291 bits per heavy atom. The minimum atomic E-state index is 0.985. The minimum Gasteiger partial charge on any atom is -0.317 e. The van der Waals surface area contributed by atoms with Gasteiger partial charge in [-0.05, 0) is 221 Å². The van der Waals surface area contributed by atoms with Crippen molar-refractivity contribution < 1.29 is 0 Å². The molecule has 0 bridgehead atoms. The number of aryl methyl sites for hydroxylation is 8. The lowest BCUT2D eigenvalue weighted by Gasteiger charge is -2.27. The van der Waals surface area contributed by atoms with Gasteiger partial charge in [-0.15, -0.1) is 0 Å². The van der Waals surface area contributed by atoms with Crippen molar-refractivity contribution >= 4 is 118 Å². The van der Waals surface area contributed by atoms with E-state index in [9.17, 15) is 0 Å². The number of anilines is 9. The topological polar surface area (TPSA) is 53.3 Å². The lowest BCUT2D eigenvalue weighted by molar-refractivity contribution is 0.977. The molecule has 0 N–H and O–H groups in total. The second-order valence-electron chi connectivity index (χ2n) is 27.9. The van der Waals surface area contributed by atoms with Crippen LogP contribution in [0.15, 0.2) is 382 Å². The Labute approximate surface area is 646 Å². The maximum Gasteiger partial charge on any atom is 0.0967 e. The van der Waals surface area contributed by atoms with Crippen molar-refractivity contribution in [1.82, 2.24) is 19.5 Å². The average Bonchev–Trinajstić information content (AvgIpc) is 1.57. The molecule has 20 rings (SSSR count). The fraction of sp³-hybridized carbons (Fsp3) is 0.0777. The number of hydrogen-bond acceptors (Lipinski definition) is 6. The Bertz CT molecular complexity index is 5930. The van der Waals surface area contributed by atoms with Crippen molar-refractivity contribution in [1.29, 1.82) is 0 Å². The summed E-state index contributed by atoms with van der Waals surface area (Å²) in [5.41, 5.74) is 30.3. The number of nitrogens with zero attached hydrogens (tertiary/aromatic N) is 7. The number of aromatic nitrogens is 4. The van der Waals surface area contributed by atoms with Crippen LogP contribution in [-0.4, -0.2) is 19.5 Å². The third-order valence-electron chi connectivity index (χ3n) is 20.2. The van der Waals surface area contributed by atoms with Crippen LogP contribution in [0.25, 0.3) is 72.4 Å². The summed E-state index contributed by atoms with van der Waals surface area (Å²) in [6, 6.07) is 130. The summed E-state index contributed by atoms with van der Waals surface area (Å²) < 4.78 is 2.22. The smallest absolute Gasteiger partial charge is 0.0967 e. The highest BCUT2D eigenvalue weighted by Gasteiger charge is 2.23. The van der Waals surface area contributed by atoms with Crippen molar-refractivity contribution in [2.75, 3.05) is 14.7 Å². The molecule has 14 aromatic carbocycles. The van der Waals surface area contributed by atoms with Crippen LogP contribution >= 0.6 is 0 Å². The third-order valence-corrected chi connectivity index (χ3v) is 20.2. The van der Waals surface area contributed by atoms with Crippen molar-refractivity contribution in [3.05, 3.63) is 438 Å². The van der Waals surface area contributed by atoms with Gasteiger partial charge in [-0.2, -0.15) is 0 Å². The first kappa shape index (κ1) is 71.8. The summed E-state index contributed by atoms with van der Waals surface area (Å²) in [6.07, 6.45) is 10.5. The molecule has 2 aliphatic heterocycles. The summed E-state index contributed by atoms with van der Waals surface area (Å²) >= 11 is 0. The van der Waals surface area contributed by atoms with Gasteiger partial charge in [0.25, 0.3) is 0 Å². The molecule has 2 aliphatic rings. The Morgan fingerprint density at radius 2 is 0.691 bits per heavy atom. The van der Waals surface area contributed by atoms with Gasteiger partial charge in [0.2, 0.25) is 0 Å². The zero-order valence-corrected chi connectivity index (χ0v) is 63.1. The third kappa shape index (κ3) is 16.4. The molecule has 0 saturated carbocycles. The normalized spacial score (nSPS) is 11.6.